The molecule has 1 aromatic heterocycles. The van der Waals surface area contributed by atoms with Crippen molar-refractivity contribution in [3.8, 4) is 0 Å². The van der Waals surface area contributed by atoms with Crippen molar-refractivity contribution >= 4 is 17.9 Å². The lowest BCUT2D eigenvalue weighted by atomic mass is 10.1. The van der Waals surface area contributed by atoms with Crippen LogP contribution in [0.25, 0.3) is 6.08 Å². The van der Waals surface area contributed by atoms with Crippen LogP contribution in [0.1, 0.15) is 16.8 Å². The van der Waals surface area contributed by atoms with Gasteiger partial charge >= 0.3 is 5.97 Å². The number of benzene rings is 1. The number of carbonyl (C=O) groups is 1. The Hall–Kier alpha value is -2.75. The normalized spacial score (nSPS) is 16.1. The number of pyridine rings is 1. The lowest BCUT2D eigenvalue weighted by Crippen LogP contribution is -2.06. The standard InChI is InChI=1S/C16H12N2O2/c1-11-5-4-6-12(9-11)10-14-16(19)20-15(18-14)13-7-2-3-8-17-13/h2-10H,1H3/b14-10+. The fourth-order valence-corrected chi connectivity index (χ4v) is 1.93. The van der Waals surface area contributed by atoms with Crippen LogP contribution in [0.3, 0.4) is 0 Å². The molecule has 4 heteroatoms. The Morgan fingerprint density at radius 2 is 2.05 bits per heavy atom. The summed E-state index contributed by atoms with van der Waals surface area (Å²) in [7, 11) is 0. The summed E-state index contributed by atoms with van der Waals surface area (Å²) in [5.41, 5.74) is 2.88. The molecule has 0 N–H and O–H groups in total. The number of aliphatic imine (C=N–C) groups is 1. The van der Waals surface area contributed by atoms with Gasteiger partial charge in [0.2, 0.25) is 5.90 Å². The maximum absolute atomic E-state index is 11.8. The Morgan fingerprint density at radius 3 is 2.80 bits per heavy atom. The van der Waals surface area contributed by atoms with Gasteiger partial charge in [0.05, 0.1) is 0 Å². The molecule has 4 nitrogen and oxygen atoms in total. The third-order valence-electron chi connectivity index (χ3n) is 2.85. The third kappa shape index (κ3) is 2.49. The molecule has 20 heavy (non-hydrogen) atoms. The van der Waals surface area contributed by atoms with Gasteiger partial charge in [-0.2, -0.15) is 0 Å². The van der Waals surface area contributed by atoms with Crippen molar-refractivity contribution in [3.05, 3.63) is 71.2 Å². The van der Waals surface area contributed by atoms with Crippen molar-refractivity contribution in [3.63, 3.8) is 0 Å². The number of hydrogen-bond donors (Lipinski definition) is 0. The van der Waals surface area contributed by atoms with Crippen molar-refractivity contribution in [2.45, 2.75) is 6.92 Å². The molecule has 0 fully saturated rings. The van der Waals surface area contributed by atoms with E-state index in [9.17, 15) is 4.79 Å². The Bertz CT molecular complexity index is 718. The fraction of sp³-hybridized carbons (Fsp3) is 0.0625. The highest BCUT2D eigenvalue weighted by molar-refractivity contribution is 6.12. The van der Waals surface area contributed by atoms with Crippen molar-refractivity contribution in [2.75, 3.05) is 0 Å². The van der Waals surface area contributed by atoms with Crippen molar-refractivity contribution in [2.24, 2.45) is 4.99 Å². The number of aromatic nitrogens is 1. The Balaban J connectivity index is 1.95. The molecule has 1 aliphatic rings. The highest BCUT2D eigenvalue weighted by atomic mass is 16.6. The van der Waals surface area contributed by atoms with E-state index in [1.807, 2.05) is 37.3 Å². The first kappa shape index (κ1) is 12.3. The van der Waals surface area contributed by atoms with Crippen LogP contribution in [-0.4, -0.2) is 16.9 Å². The summed E-state index contributed by atoms with van der Waals surface area (Å²) in [6.45, 7) is 2.00. The molecular weight excluding hydrogens is 252 g/mol. The van der Waals surface area contributed by atoms with Crippen molar-refractivity contribution < 1.29 is 9.53 Å². The van der Waals surface area contributed by atoms with E-state index in [2.05, 4.69) is 9.98 Å². The highest BCUT2D eigenvalue weighted by Crippen LogP contribution is 2.18. The van der Waals surface area contributed by atoms with E-state index in [1.165, 1.54) is 0 Å². The second kappa shape index (κ2) is 5.09. The third-order valence-corrected chi connectivity index (χ3v) is 2.85. The predicted molar refractivity (Wildman–Crippen MR) is 76.0 cm³/mol. The first-order valence-electron chi connectivity index (χ1n) is 6.23. The Morgan fingerprint density at radius 1 is 1.15 bits per heavy atom. The van der Waals surface area contributed by atoms with Crippen LogP contribution in [0.2, 0.25) is 0 Å². The molecule has 2 heterocycles. The number of carbonyl (C=O) groups excluding carboxylic acids is 1. The molecule has 2 aromatic rings. The number of rotatable bonds is 2. The minimum Gasteiger partial charge on any atom is -0.400 e. The Kier molecular flexibility index (Phi) is 3.13. The zero-order valence-electron chi connectivity index (χ0n) is 10.9. The molecule has 98 valence electrons. The molecular formula is C16H12N2O2. The SMILES string of the molecule is Cc1cccc(/C=C2/N=C(c3ccccn3)OC2=O)c1. The van der Waals surface area contributed by atoms with E-state index in [0.29, 0.717) is 5.69 Å². The summed E-state index contributed by atoms with van der Waals surface area (Å²) in [4.78, 5) is 20.1. The molecule has 0 saturated carbocycles. The smallest absolute Gasteiger partial charge is 0.363 e. The molecule has 0 spiro atoms. The van der Waals surface area contributed by atoms with Crippen LogP contribution >= 0.6 is 0 Å². The van der Waals surface area contributed by atoms with Gasteiger partial charge in [0, 0.05) is 6.20 Å². The molecule has 0 amide bonds. The van der Waals surface area contributed by atoms with Gasteiger partial charge in [0.1, 0.15) is 5.69 Å². The molecule has 0 bridgehead atoms. The van der Waals surface area contributed by atoms with E-state index in [-0.39, 0.29) is 11.6 Å². The van der Waals surface area contributed by atoms with E-state index < -0.39 is 5.97 Å². The molecule has 3 rings (SSSR count). The lowest BCUT2D eigenvalue weighted by Gasteiger charge is -1.96. The number of aryl methyl sites for hydroxylation is 1. The van der Waals surface area contributed by atoms with Crippen LogP contribution in [0, 0.1) is 6.92 Å². The average Bonchev–Trinajstić information content (AvgIpc) is 2.81. The van der Waals surface area contributed by atoms with Gasteiger partial charge in [-0.25, -0.2) is 9.79 Å². The maximum atomic E-state index is 11.8. The van der Waals surface area contributed by atoms with Gasteiger partial charge in [-0.3, -0.25) is 4.98 Å². The first-order valence-corrected chi connectivity index (χ1v) is 6.23. The topological polar surface area (TPSA) is 51.6 Å². The van der Waals surface area contributed by atoms with Gasteiger partial charge < -0.3 is 4.74 Å². The van der Waals surface area contributed by atoms with Crippen LogP contribution in [0.4, 0.5) is 0 Å². The quantitative estimate of drug-likeness (QED) is 0.619. The summed E-state index contributed by atoms with van der Waals surface area (Å²) in [6.07, 6.45) is 3.35. The molecule has 0 unspecified atom stereocenters. The minimum atomic E-state index is -0.452. The Labute approximate surface area is 116 Å². The van der Waals surface area contributed by atoms with Gasteiger partial charge in [-0.1, -0.05) is 35.9 Å². The van der Waals surface area contributed by atoms with Crippen molar-refractivity contribution in [1.82, 2.24) is 4.98 Å². The zero-order chi connectivity index (χ0) is 13.9. The number of cyclic esters (lactones) is 1. The zero-order valence-corrected chi connectivity index (χ0v) is 10.9. The predicted octanol–water partition coefficient (Wildman–Crippen LogP) is 2.73. The largest absolute Gasteiger partial charge is 0.400 e. The summed E-state index contributed by atoms with van der Waals surface area (Å²) in [6, 6.07) is 13.2. The fourth-order valence-electron chi connectivity index (χ4n) is 1.93. The molecule has 1 aliphatic heterocycles. The molecule has 0 atom stereocenters. The van der Waals surface area contributed by atoms with Gasteiger partial charge in [0.25, 0.3) is 0 Å². The van der Waals surface area contributed by atoms with Crippen molar-refractivity contribution in [1.29, 1.82) is 0 Å². The molecule has 0 aliphatic carbocycles. The molecule has 1 aromatic carbocycles. The van der Waals surface area contributed by atoms with Gasteiger partial charge in [-0.05, 0) is 30.7 Å². The van der Waals surface area contributed by atoms with Crippen LogP contribution in [0.5, 0.6) is 0 Å². The number of ether oxygens (including phenoxy) is 1. The van der Waals surface area contributed by atoms with Gasteiger partial charge in [0.15, 0.2) is 5.70 Å². The second-order valence-electron chi connectivity index (χ2n) is 4.47. The van der Waals surface area contributed by atoms with Crippen LogP contribution < -0.4 is 0 Å². The second-order valence-corrected chi connectivity index (χ2v) is 4.47. The molecule has 0 radical (unpaired) electrons. The van der Waals surface area contributed by atoms with Gasteiger partial charge in [-0.15, -0.1) is 0 Å². The number of esters is 1. The monoisotopic (exact) mass is 264 g/mol. The molecule has 0 saturated heterocycles. The maximum Gasteiger partial charge on any atom is 0.363 e. The number of nitrogens with zero attached hydrogens (tertiary/aromatic N) is 2. The minimum absolute atomic E-state index is 0.245. The summed E-state index contributed by atoms with van der Waals surface area (Å²) >= 11 is 0. The highest BCUT2D eigenvalue weighted by Gasteiger charge is 2.24. The number of hydrogen-bond acceptors (Lipinski definition) is 4. The van der Waals surface area contributed by atoms with E-state index in [0.717, 1.165) is 11.1 Å². The van der Waals surface area contributed by atoms with Crippen LogP contribution in [0.15, 0.2) is 59.4 Å². The van der Waals surface area contributed by atoms with E-state index in [1.54, 1.807) is 24.4 Å². The average molecular weight is 264 g/mol. The van der Waals surface area contributed by atoms with E-state index >= 15 is 0 Å². The first-order chi connectivity index (χ1) is 9.72. The summed E-state index contributed by atoms with van der Waals surface area (Å²) in [5.74, 6) is -0.207. The van der Waals surface area contributed by atoms with Crippen LogP contribution in [-0.2, 0) is 9.53 Å². The summed E-state index contributed by atoms with van der Waals surface area (Å²) in [5, 5.41) is 0. The van der Waals surface area contributed by atoms with E-state index in [4.69, 9.17) is 4.74 Å². The lowest BCUT2D eigenvalue weighted by molar-refractivity contribution is -0.129. The summed E-state index contributed by atoms with van der Waals surface area (Å²) < 4.78 is 5.14.